The molecule has 31 heavy (non-hydrogen) atoms. The second kappa shape index (κ2) is 9.98. The summed E-state index contributed by atoms with van der Waals surface area (Å²) in [5.41, 5.74) is 4.57. The highest BCUT2D eigenvalue weighted by Crippen LogP contribution is 2.29. The summed E-state index contributed by atoms with van der Waals surface area (Å²) in [6.45, 7) is 3.46. The molecule has 0 aliphatic carbocycles. The van der Waals surface area contributed by atoms with E-state index in [0.717, 1.165) is 47.8 Å². The third-order valence-electron chi connectivity index (χ3n) is 5.27. The zero-order valence-electron chi connectivity index (χ0n) is 18.1. The maximum atomic E-state index is 6.05. The molecule has 4 nitrogen and oxygen atoms in total. The van der Waals surface area contributed by atoms with Crippen molar-refractivity contribution >= 4 is 17.1 Å². The van der Waals surface area contributed by atoms with Crippen LogP contribution in [0.25, 0.3) is 17.1 Å². The van der Waals surface area contributed by atoms with Gasteiger partial charge >= 0.3 is 0 Å². The van der Waals surface area contributed by atoms with E-state index in [0.29, 0.717) is 6.61 Å². The second-order valence-corrected chi connectivity index (χ2v) is 7.44. The number of benzene rings is 3. The van der Waals surface area contributed by atoms with E-state index in [4.69, 9.17) is 14.5 Å². The fraction of sp³-hybridized carbons (Fsp3) is 0.222. The number of hydrogen-bond acceptors (Lipinski definition) is 3. The van der Waals surface area contributed by atoms with Gasteiger partial charge < -0.3 is 14.0 Å². The lowest BCUT2D eigenvalue weighted by molar-refractivity contribution is 0.282. The topological polar surface area (TPSA) is 36.3 Å². The van der Waals surface area contributed by atoms with Crippen molar-refractivity contribution in [3.63, 3.8) is 0 Å². The lowest BCUT2D eigenvalue weighted by Gasteiger charge is -2.13. The minimum atomic E-state index is 0.608. The molecule has 0 saturated carbocycles. The Morgan fingerprint density at radius 1 is 0.935 bits per heavy atom. The molecule has 0 aliphatic rings. The zero-order chi connectivity index (χ0) is 21.5. The van der Waals surface area contributed by atoms with Gasteiger partial charge in [-0.25, -0.2) is 4.98 Å². The van der Waals surface area contributed by atoms with Crippen LogP contribution in [0.1, 0.15) is 30.3 Å². The Kier molecular flexibility index (Phi) is 6.68. The van der Waals surface area contributed by atoms with Crippen molar-refractivity contribution < 1.29 is 9.47 Å². The van der Waals surface area contributed by atoms with Crippen molar-refractivity contribution in [2.24, 2.45) is 0 Å². The van der Waals surface area contributed by atoms with Gasteiger partial charge in [0.2, 0.25) is 0 Å². The van der Waals surface area contributed by atoms with Crippen LogP contribution in [0.2, 0.25) is 0 Å². The molecule has 0 unspecified atom stereocenters. The molecule has 0 N–H and O–H groups in total. The Bertz CT molecular complexity index is 1160. The van der Waals surface area contributed by atoms with Gasteiger partial charge in [0.15, 0.2) is 11.5 Å². The van der Waals surface area contributed by atoms with Gasteiger partial charge in [-0.2, -0.15) is 0 Å². The van der Waals surface area contributed by atoms with Crippen LogP contribution in [0.3, 0.4) is 0 Å². The smallest absolute Gasteiger partial charge is 0.161 e. The van der Waals surface area contributed by atoms with Gasteiger partial charge in [0.1, 0.15) is 5.82 Å². The summed E-state index contributed by atoms with van der Waals surface area (Å²) < 4.78 is 13.9. The van der Waals surface area contributed by atoms with Crippen LogP contribution in [0.15, 0.2) is 78.9 Å². The largest absolute Gasteiger partial charge is 0.493 e. The number of aromatic nitrogens is 2. The van der Waals surface area contributed by atoms with Gasteiger partial charge in [0, 0.05) is 13.0 Å². The van der Waals surface area contributed by atoms with Crippen LogP contribution in [0.4, 0.5) is 0 Å². The van der Waals surface area contributed by atoms with E-state index >= 15 is 0 Å². The third kappa shape index (κ3) is 4.97. The molecule has 4 heteroatoms. The van der Waals surface area contributed by atoms with Crippen LogP contribution < -0.4 is 9.47 Å². The first-order chi connectivity index (χ1) is 15.3. The van der Waals surface area contributed by atoms with Crippen molar-refractivity contribution in [3.8, 4) is 11.5 Å². The highest BCUT2D eigenvalue weighted by Gasteiger charge is 2.11. The van der Waals surface area contributed by atoms with E-state index in [2.05, 4.69) is 47.0 Å². The molecule has 158 valence electrons. The Morgan fingerprint density at radius 3 is 2.55 bits per heavy atom. The summed E-state index contributed by atoms with van der Waals surface area (Å²) in [6, 6.07) is 24.8. The van der Waals surface area contributed by atoms with Crippen molar-refractivity contribution in [3.05, 3.63) is 95.8 Å². The van der Waals surface area contributed by atoms with Crippen molar-refractivity contribution in [1.29, 1.82) is 0 Å². The Labute approximate surface area is 183 Å². The van der Waals surface area contributed by atoms with Gasteiger partial charge in [0.05, 0.1) is 24.8 Å². The maximum Gasteiger partial charge on any atom is 0.161 e. The van der Waals surface area contributed by atoms with Crippen LogP contribution >= 0.6 is 0 Å². The van der Waals surface area contributed by atoms with Crippen LogP contribution in [-0.4, -0.2) is 23.3 Å². The number of nitrogens with zero attached hydrogens (tertiary/aromatic N) is 2. The van der Waals surface area contributed by atoms with Crippen molar-refractivity contribution in [2.45, 2.75) is 26.3 Å². The Morgan fingerprint density at radius 2 is 1.74 bits per heavy atom. The van der Waals surface area contributed by atoms with Gasteiger partial charge in [-0.05, 0) is 48.7 Å². The summed E-state index contributed by atoms with van der Waals surface area (Å²) in [4.78, 5) is 4.90. The van der Waals surface area contributed by atoms with Crippen LogP contribution in [0.5, 0.6) is 11.5 Å². The minimum absolute atomic E-state index is 0.608. The lowest BCUT2D eigenvalue weighted by Crippen LogP contribution is -2.09. The van der Waals surface area contributed by atoms with E-state index in [1.165, 1.54) is 11.1 Å². The summed E-state index contributed by atoms with van der Waals surface area (Å²) in [5.74, 6) is 2.62. The van der Waals surface area contributed by atoms with Crippen molar-refractivity contribution in [1.82, 2.24) is 9.55 Å². The molecule has 0 atom stereocenters. The first kappa shape index (κ1) is 20.7. The molecule has 0 amide bonds. The number of allylic oxidation sites excluding steroid dienone is 1. The molecule has 0 fully saturated rings. The SMILES string of the molecule is C/C=C/c1ccc(OCCCn2c(Cc3ccccc3)nc3ccccc32)c(OC)c1. The number of rotatable bonds is 9. The van der Waals surface area contributed by atoms with Gasteiger partial charge in [-0.1, -0.05) is 60.7 Å². The van der Waals surface area contributed by atoms with E-state index in [9.17, 15) is 0 Å². The van der Waals surface area contributed by atoms with E-state index < -0.39 is 0 Å². The highest BCUT2D eigenvalue weighted by molar-refractivity contribution is 5.76. The molecular formula is C27H28N2O2. The van der Waals surface area contributed by atoms with Crippen LogP contribution in [0, 0.1) is 0 Å². The summed E-state index contributed by atoms with van der Waals surface area (Å²) >= 11 is 0. The first-order valence-corrected chi connectivity index (χ1v) is 10.7. The summed E-state index contributed by atoms with van der Waals surface area (Å²) in [6.07, 6.45) is 5.75. The second-order valence-electron chi connectivity index (χ2n) is 7.44. The molecule has 4 aromatic rings. The number of ether oxygens (including phenoxy) is 2. The average Bonchev–Trinajstić information content (AvgIpc) is 3.15. The van der Waals surface area contributed by atoms with E-state index in [1.54, 1.807) is 7.11 Å². The third-order valence-corrected chi connectivity index (χ3v) is 5.27. The summed E-state index contributed by atoms with van der Waals surface area (Å²) in [5, 5.41) is 0. The van der Waals surface area contributed by atoms with Gasteiger partial charge in [0.25, 0.3) is 0 Å². The molecule has 0 aliphatic heterocycles. The molecule has 4 rings (SSSR count). The average molecular weight is 413 g/mol. The molecule has 0 bridgehead atoms. The standard InChI is InChI=1S/C27H28N2O2/c1-3-10-21-15-16-25(26(19-21)30-2)31-18-9-17-29-24-14-8-7-13-23(24)28-27(29)20-22-11-5-4-6-12-22/h3-8,10-16,19H,9,17-18,20H2,1-2H3/b10-3+. The minimum Gasteiger partial charge on any atom is -0.493 e. The zero-order valence-corrected chi connectivity index (χ0v) is 18.1. The molecule has 3 aromatic carbocycles. The quantitative estimate of drug-likeness (QED) is 0.310. The predicted molar refractivity (Wildman–Crippen MR) is 127 cm³/mol. The number of aryl methyl sites for hydroxylation is 1. The maximum absolute atomic E-state index is 6.05. The number of imidazole rings is 1. The highest BCUT2D eigenvalue weighted by atomic mass is 16.5. The fourth-order valence-electron chi connectivity index (χ4n) is 3.79. The lowest BCUT2D eigenvalue weighted by atomic mass is 10.1. The monoisotopic (exact) mass is 412 g/mol. The normalized spacial score (nSPS) is 11.3. The van der Waals surface area contributed by atoms with E-state index in [-0.39, 0.29) is 0 Å². The fourth-order valence-corrected chi connectivity index (χ4v) is 3.79. The van der Waals surface area contributed by atoms with Gasteiger partial charge in [-0.3, -0.25) is 0 Å². The number of para-hydroxylation sites is 2. The molecule has 0 radical (unpaired) electrons. The molecule has 1 heterocycles. The Balaban J connectivity index is 1.46. The molecule has 0 spiro atoms. The predicted octanol–water partition coefficient (Wildman–Crippen LogP) is 6.14. The van der Waals surface area contributed by atoms with Crippen LogP contribution in [-0.2, 0) is 13.0 Å². The number of hydrogen-bond donors (Lipinski definition) is 0. The van der Waals surface area contributed by atoms with Crippen molar-refractivity contribution in [2.75, 3.05) is 13.7 Å². The molecule has 1 aromatic heterocycles. The Hall–Kier alpha value is -3.53. The van der Waals surface area contributed by atoms with E-state index in [1.807, 2.05) is 49.4 Å². The first-order valence-electron chi connectivity index (χ1n) is 10.7. The summed E-state index contributed by atoms with van der Waals surface area (Å²) in [7, 11) is 1.68. The van der Waals surface area contributed by atoms with Gasteiger partial charge in [-0.15, -0.1) is 0 Å². The molecule has 0 saturated heterocycles. The number of fused-ring (bicyclic) bond motifs is 1. The number of methoxy groups -OCH3 is 1. The molecular weight excluding hydrogens is 384 g/mol.